The van der Waals surface area contributed by atoms with E-state index in [0.29, 0.717) is 22.8 Å². The minimum absolute atomic E-state index is 0.118. The molecule has 3 rings (SSSR count). The molecule has 0 saturated carbocycles. The van der Waals surface area contributed by atoms with Gasteiger partial charge in [0.2, 0.25) is 5.76 Å². The molecule has 0 aliphatic heterocycles. The van der Waals surface area contributed by atoms with Gasteiger partial charge in [-0.2, -0.15) is 0 Å². The fraction of sp³-hybridized carbons (Fsp3) is 0.0625. The Morgan fingerprint density at radius 2 is 2.09 bits per heavy atom. The summed E-state index contributed by atoms with van der Waals surface area (Å²) in [6, 6.07) is 11.3. The molecule has 0 atom stereocenters. The number of H-pyrrole nitrogens is 1. The summed E-state index contributed by atoms with van der Waals surface area (Å²) in [6.45, 7) is 1.74. The lowest BCUT2D eigenvalue weighted by atomic mass is 10.2. The highest BCUT2D eigenvalue weighted by molar-refractivity contribution is 5.88. The number of carbonyl (C=O) groups is 1. The van der Waals surface area contributed by atoms with Gasteiger partial charge in [-0.15, -0.1) is 0 Å². The van der Waals surface area contributed by atoms with Gasteiger partial charge in [0.05, 0.1) is 6.26 Å². The molecule has 0 aliphatic rings. The molecule has 6 heteroatoms. The molecular weight excluding hydrogens is 284 g/mol. The lowest BCUT2D eigenvalue weighted by Crippen LogP contribution is -2.09. The third-order valence-electron chi connectivity index (χ3n) is 2.91. The Bertz CT molecular complexity index is 866. The Morgan fingerprint density at radius 3 is 2.82 bits per heavy atom. The summed E-state index contributed by atoms with van der Waals surface area (Å²) < 4.78 is 10.2. The number of furan rings is 1. The maximum Gasteiger partial charge on any atom is 0.379 e. The van der Waals surface area contributed by atoms with E-state index in [1.807, 2.05) is 0 Å². The van der Waals surface area contributed by atoms with Crippen LogP contribution in [-0.2, 0) is 0 Å². The first kappa shape index (κ1) is 13.8. The van der Waals surface area contributed by atoms with Gasteiger partial charge in [-0.05, 0) is 31.2 Å². The van der Waals surface area contributed by atoms with Crippen LogP contribution in [0.4, 0.5) is 0 Å². The summed E-state index contributed by atoms with van der Waals surface area (Å²) in [7, 11) is 0. The number of benzene rings is 1. The first-order chi connectivity index (χ1) is 10.6. The van der Waals surface area contributed by atoms with Crippen molar-refractivity contribution < 1.29 is 13.9 Å². The third kappa shape index (κ3) is 2.95. The van der Waals surface area contributed by atoms with E-state index in [0.717, 1.165) is 0 Å². The molecule has 0 saturated heterocycles. The molecule has 0 spiro atoms. The van der Waals surface area contributed by atoms with Crippen LogP contribution in [0.5, 0.6) is 5.75 Å². The fourth-order valence-corrected chi connectivity index (χ4v) is 1.97. The van der Waals surface area contributed by atoms with E-state index in [1.165, 1.54) is 18.4 Å². The molecule has 1 N–H and O–H groups in total. The number of aromatic nitrogens is 2. The minimum Gasteiger partial charge on any atom is -0.457 e. The molecular formula is C16H12N2O4. The van der Waals surface area contributed by atoms with Gasteiger partial charge in [-0.3, -0.25) is 4.79 Å². The van der Waals surface area contributed by atoms with Gasteiger partial charge < -0.3 is 14.1 Å². The van der Waals surface area contributed by atoms with E-state index in [2.05, 4.69) is 9.97 Å². The SMILES string of the molecule is Cc1cc(=O)[nH]c(-c2cccc(OC(=O)c3ccco3)c2)n1. The van der Waals surface area contributed by atoms with Crippen LogP contribution < -0.4 is 10.3 Å². The number of nitrogens with zero attached hydrogens (tertiary/aromatic N) is 1. The van der Waals surface area contributed by atoms with Crippen molar-refractivity contribution in [2.45, 2.75) is 6.92 Å². The number of esters is 1. The van der Waals surface area contributed by atoms with Crippen LogP contribution in [0.3, 0.4) is 0 Å². The van der Waals surface area contributed by atoms with E-state index in [-0.39, 0.29) is 11.3 Å². The molecule has 6 nitrogen and oxygen atoms in total. The molecule has 2 aromatic heterocycles. The lowest BCUT2D eigenvalue weighted by molar-refractivity contribution is 0.0701. The van der Waals surface area contributed by atoms with Gasteiger partial charge in [0, 0.05) is 17.3 Å². The van der Waals surface area contributed by atoms with E-state index in [9.17, 15) is 9.59 Å². The molecule has 110 valence electrons. The predicted molar refractivity (Wildman–Crippen MR) is 78.7 cm³/mol. The minimum atomic E-state index is -0.590. The zero-order valence-electron chi connectivity index (χ0n) is 11.7. The second-order valence-electron chi connectivity index (χ2n) is 4.63. The quantitative estimate of drug-likeness (QED) is 0.593. The van der Waals surface area contributed by atoms with Crippen molar-refractivity contribution in [1.82, 2.24) is 9.97 Å². The highest BCUT2D eigenvalue weighted by atomic mass is 16.5. The molecule has 2 heterocycles. The van der Waals surface area contributed by atoms with Gasteiger partial charge in [-0.1, -0.05) is 12.1 Å². The molecule has 0 radical (unpaired) electrons. The standard InChI is InChI=1S/C16H12N2O4/c1-10-8-14(19)18-15(17-10)11-4-2-5-12(9-11)22-16(20)13-6-3-7-21-13/h2-9H,1H3,(H,17,18,19). The molecule has 0 unspecified atom stereocenters. The van der Waals surface area contributed by atoms with Crippen LogP contribution in [-0.4, -0.2) is 15.9 Å². The Labute approximate surface area is 125 Å². The van der Waals surface area contributed by atoms with Crippen molar-refractivity contribution in [3.05, 3.63) is 70.5 Å². The van der Waals surface area contributed by atoms with Crippen molar-refractivity contribution in [2.24, 2.45) is 0 Å². The highest BCUT2D eigenvalue weighted by Gasteiger charge is 2.12. The monoisotopic (exact) mass is 296 g/mol. The van der Waals surface area contributed by atoms with E-state index < -0.39 is 5.97 Å². The summed E-state index contributed by atoms with van der Waals surface area (Å²) >= 11 is 0. The summed E-state index contributed by atoms with van der Waals surface area (Å²) in [5, 5.41) is 0. The normalized spacial score (nSPS) is 10.4. The van der Waals surface area contributed by atoms with Crippen molar-refractivity contribution >= 4 is 5.97 Å². The third-order valence-corrected chi connectivity index (χ3v) is 2.91. The summed E-state index contributed by atoms with van der Waals surface area (Å²) in [4.78, 5) is 30.3. The average molecular weight is 296 g/mol. The van der Waals surface area contributed by atoms with Crippen molar-refractivity contribution in [2.75, 3.05) is 0 Å². The number of aromatic amines is 1. The van der Waals surface area contributed by atoms with Crippen molar-refractivity contribution in [1.29, 1.82) is 0 Å². The lowest BCUT2D eigenvalue weighted by Gasteiger charge is -2.05. The summed E-state index contributed by atoms with van der Waals surface area (Å²) in [5.41, 5.74) is 1.02. The van der Waals surface area contributed by atoms with Crippen LogP contribution in [0.25, 0.3) is 11.4 Å². The molecule has 0 aliphatic carbocycles. The number of aryl methyl sites for hydroxylation is 1. The van der Waals surface area contributed by atoms with Gasteiger partial charge >= 0.3 is 5.97 Å². The van der Waals surface area contributed by atoms with Gasteiger partial charge in [-0.25, -0.2) is 9.78 Å². The molecule has 0 bridgehead atoms. The van der Waals surface area contributed by atoms with Gasteiger partial charge in [0.15, 0.2) is 0 Å². The molecule has 3 aromatic rings. The molecule has 0 fully saturated rings. The first-order valence-electron chi connectivity index (χ1n) is 6.56. The van der Waals surface area contributed by atoms with Crippen molar-refractivity contribution in [3.63, 3.8) is 0 Å². The second kappa shape index (κ2) is 5.69. The smallest absolute Gasteiger partial charge is 0.379 e. The van der Waals surface area contributed by atoms with Crippen molar-refractivity contribution in [3.8, 4) is 17.1 Å². The number of ether oxygens (including phenoxy) is 1. The highest BCUT2D eigenvalue weighted by Crippen LogP contribution is 2.21. The maximum absolute atomic E-state index is 11.8. The van der Waals surface area contributed by atoms with Crippen LogP contribution in [0.15, 0.2) is 57.9 Å². The van der Waals surface area contributed by atoms with Crippen LogP contribution >= 0.6 is 0 Å². The van der Waals surface area contributed by atoms with Crippen LogP contribution in [0.1, 0.15) is 16.2 Å². The summed E-state index contributed by atoms with van der Waals surface area (Å²) in [5.74, 6) is 0.282. The molecule has 22 heavy (non-hydrogen) atoms. The Hall–Kier alpha value is -3.15. The topological polar surface area (TPSA) is 85.2 Å². The van der Waals surface area contributed by atoms with Crippen LogP contribution in [0.2, 0.25) is 0 Å². The van der Waals surface area contributed by atoms with E-state index in [1.54, 1.807) is 37.3 Å². The van der Waals surface area contributed by atoms with Crippen LogP contribution in [0, 0.1) is 6.92 Å². The number of hydrogen-bond donors (Lipinski definition) is 1. The number of rotatable bonds is 3. The van der Waals surface area contributed by atoms with E-state index >= 15 is 0 Å². The predicted octanol–water partition coefficient (Wildman–Crippen LogP) is 2.56. The van der Waals surface area contributed by atoms with Gasteiger partial charge in [0.1, 0.15) is 11.6 Å². The molecule has 1 aromatic carbocycles. The zero-order valence-corrected chi connectivity index (χ0v) is 11.7. The number of hydrogen-bond acceptors (Lipinski definition) is 5. The van der Waals surface area contributed by atoms with E-state index in [4.69, 9.17) is 9.15 Å². The largest absolute Gasteiger partial charge is 0.457 e. The molecule has 0 amide bonds. The number of carbonyl (C=O) groups excluding carboxylic acids is 1. The second-order valence-corrected chi connectivity index (χ2v) is 4.63. The fourth-order valence-electron chi connectivity index (χ4n) is 1.97. The Morgan fingerprint density at radius 1 is 1.23 bits per heavy atom. The first-order valence-corrected chi connectivity index (χ1v) is 6.56. The number of nitrogens with one attached hydrogen (secondary N) is 1. The zero-order chi connectivity index (χ0) is 15.5. The van der Waals surface area contributed by atoms with Gasteiger partial charge in [0.25, 0.3) is 5.56 Å². The summed E-state index contributed by atoms with van der Waals surface area (Å²) in [6.07, 6.45) is 1.40. The average Bonchev–Trinajstić information content (AvgIpc) is 3.01. The Kier molecular flexibility index (Phi) is 3.57. The maximum atomic E-state index is 11.8. The Balaban J connectivity index is 1.89.